The molecule has 0 aliphatic carbocycles. The Kier molecular flexibility index (Phi) is 12.6. The number of hydrogen-bond acceptors (Lipinski definition) is 7. The standard InChI is InChI=1S/C21H26ClN3O5S.C5H11NO2/c1-14(20(26)24(2)10-11-30-3)25-9-8-19(21(25)27)23-31(28,29)18-7-5-15-12-17(22)6-4-16(15)13-18;1-2-5(8)6-3-4-7/h4-7,12-14,19,23H,8-11H2,1-3H3;7H,2-4H2,1H3,(H,6,8)/t14-,19-;/m0./s1. The zero-order valence-corrected chi connectivity index (χ0v) is 24.2. The van der Waals surface area contributed by atoms with Crippen LogP contribution >= 0.6 is 11.6 Å². The van der Waals surface area contributed by atoms with Gasteiger partial charge in [0.1, 0.15) is 12.1 Å². The fraction of sp³-hybridized carbons (Fsp3) is 0.500. The topological polar surface area (TPSA) is 145 Å². The van der Waals surface area contributed by atoms with E-state index in [0.717, 1.165) is 10.8 Å². The Labute approximate surface area is 234 Å². The summed E-state index contributed by atoms with van der Waals surface area (Å²) in [7, 11) is -0.725. The minimum Gasteiger partial charge on any atom is -0.395 e. The van der Waals surface area contributed by atoms with Gasteiger partial charge in [-0.25, -0.2) is 8.42 Å². The SMILES string of the molecule is CCC(=O)NCCO.COCCN(C)C(=O)[C@H](C)N1CC[C@H](NS(=O)(=O)c2ccc3cc(Cl)ccc3c2)C1=O. The summed E-state index contributed by atoms with van der Waals surface area (Å²) in [5, 5.41) is 12.8. The van der Waals surface area contributed by atoms with Gasteiger partial charge in [0, 0.05) is 45.2 Å². The summed E-state index contributed by atoms with van der Waals surface area (Å²) in [6, 6.07) is 8.29. The number of halogens is 1. The van der Waals surface area contributed by atoms with E-state index in [1.54, 1.807) is 58.3 Å². The minimum atomic E-state index is -3.92. The van der Waals surface area contributed by atoms with E-state index in [2.05, 4.69) is 10.0 Å². The van der Waals surface area contributed by atoms with Gasteiger partial charge in [0.05, 0.1) is 18.1 Å². The molecule has 0 aromatic heterocycles. The van der Waals surface area contributed by atoms with E-state index < -0.39 is 28.0 Å². The van der Waals surface area contributed by atoms with Crippen LogP contribution in [0.3, 0.4) is 0 Å². The van der Waals surface area contributed by atoms with Crippen LogP contribution in [0.25, 0.3) is 10.8 Å². The predicted molar refractivity (Wildman–Crippen MR) is 149 cm³/mol. The lowest BCUT2D eigenvalue weighted by atomic mass is 10.1. The van der Waals surface area contributed by atoms with Crippen molar-refractivity contribution in [2.75, 3.05) is 47.0 Å². The second-order valence-corrected chi connectivity index (χ2v) is 11.2. The molecular formula is C26H37ClN4O7S. The third-order valence-electron chi connectivity index (χ3n) is 6.21. The maximum Gasteiger partial charge on any atom is 0.244 e. The zero-order valence-electron chi connectivity index (χ0n) is 22.6. The summed E-state index contributed by atoms with van der Waals surface area (Å²) in [5.74, 6) is -0.640. The lowest BCUT2D eigenvalue weighted by molar-refractivity contribution is -0.142. The van der Waals surface area contributed by atoms with E-state index in [-0.39, 0.29) is 23.3 Å². The maximum absolute atomic E-state index is 12.9. The Bertz CT molecular complexity index is 1260. The number of ether oxygens (including phenoxy) is 1. The number of carbonyl (C=O) groups excluding carboxylic acids is 3. The first-order valence-electron chi connectivity index (χ1n) is 12.6. The molecule has 3 rings (SSSR count). The van der Waals surface area contributed by atoms with Gasteiger partial charge in [-0.15, -0.1) is 0 Å². The van der Waals surface area contributed by atoms with Crippen LogP contribution in [0.15, 0.2) is 41.3 Å². The number of aliphatic hydroxyl groups excluding tert-OH is 1. The van der Waals surface area contributed by atoms with Crippen molar-refractivity contribution in [3.8, 4) is 0 Å². The molecule has 0 unspecified atom stereocenters. The Morgan fingerprint density at radius 2 is 1.90 bits per heavy atom. The Hall–Kier alpha value is -2.77. The lowest BCUT2D eigenvalue weighted by Crippen LogP contribution is -2.49. The van der Waals surface area contributed by atoms with Gasteiger partial charge in [-0.05, 0) is 48.4 Å². The van der Waals surface area contributed by atoms with Gasteiger partial charge in [0.15, 0.2) is 0 Å². The van der Waals surface area contributed by atoms with Crippen molar-refractivity contribution in [1.29, 1.82) is 0 Å². The third kappa shape index (κ3) is 9.14. The molecule has 1 aliphatic rings. The number of sulfonamides is 1. The number of likely N-dealkylation sites (tertiary alicyclic amines) is 1. The van der Waals surface area contributed by atoms with Crippen LogP contribution in [0, 0.1) is 0 Å². The van der Waals surface area contributed by atoms with Crippen molar-refractivity contribution in [1.82, 2.24) is 19.8 Å². The van der Waals surface area contributed by atoms with E-state index in [1.807, 2.05) is 0 Å². The number of methoxy groups -OCH3 is 1. The highest BCUT2D eigenvalue weighted by Gasteiger charge is 2.39. The first kappa shape index (κ1) is 32.4. The van der Waals surface area contributed by atoms with Crippen LogP contribution in [0.2, 0.25) is 5.02 Å². The highest BCUT2D eigenvalue weighted by Crippen LogP contribution is 2.24. The lowest BCUT2D eigenvalue weighted by Gasteiger charge is -2.28. The molecule has 3 amide bonds. The van der Waals surface area contributed by atoms with Crippen molar-refractivity contribution < 1.29 is 32.6 Å². The molecule has 0 spiro atoms. The van der Waals surface area contributed by atoms with Crippen LogP contribution in [0.1, 0.15) is 26.7 Å². The molecule has 216 valence electrons. The van der Waals surface area contributed by atoms with Crippen LogP contribution in [-0.2, 0) is 29.1 Å². The van der Waals surface area contributed by atoms with Crippen molar-refractivity contribution in [3.05, 3.63) is 41.4 Å². The first-order chi connectivity index (χ1) is 18.4. The number of nitrogens with zero attached hydrogens (tertiary/aromatic N) is 2. The number of nitrogens with one attached hydrogen (secondary N) is 2. The number of rotatable bonds is 11. The average molecular weight is 585 g/mol. The van der Waals surface area contributed by atoms with Crippen molar-refractivity contribution >= 4 is 50.1 Å². The van der Waals surface area contributed by atoms with E-state index in [9.17, 15) is 22.8 Å². The fourth-order valence-corrected chi connectivity index (χ4v) is 5.36. The van der Waals surface area contributed by atoms with Crippen LogP contribution in [0.4, 0.5) is 0 Å². The van der Waals surface area contributed by atoms with Gasteiger partial charge >= 0.3 is 0 Å². The molecule has 2 atom stereocenters. The Morgan fingerprint density at radius 3 is 2.54 bits per heavy atom. The van der Waals surface area contributed by atoms with Crippen molar-refractivity contribution in [3.63, 3.8) is 0 Å². The minimum absolute atomic E-state index is 0.0148. The predicted octanol–water partition coefficient (Wildman–Crippen LogP) is 1.37. The summed E-state index contributed by atoms with van der Waals surface area (Å²) in [6.07, 6.45) is 0.778. The Balaban J connectivity index is 0.000000580. The number of benzene rings is 2. The van der Waals surface area contributed by atoms with Gasteiger partial charge < -0.3 is 25.0 Å². The van der Waals surface area contributed by atoms with Crippen LogP contribution in [-0.4, -0.2) is 100 Å². The van der Waals surface area contributed by atoms with E-state index in [4.69, 9.17) is 21.4 Å². The van der Waals surface area contributed by atoms with Crippen LogP contribution < -0.4 is 10.0 Å². The number of carbonyl (C=O) groups is 3. The van der Waals surface area contributed by atoms with E-state index in [1.165, 1.54) is 15.9 Å². The molecule has 1 heterocycles. The number of fused-ring (bicyclic) bond motifs is 1. The first-order valence-corrected chi connectivity index (χ1v) is 14.4. The molecule has 1 fully saturated rings. The Morgan fingerprint density at radius 1 is 1.23 bits per heavy atom. The maximum atomic E-state index is 12.9. The molecule has 0 bridgehead atoms. The highest BCUT2D eigenvalue weighted by atomic mass is 35.5. The summed E-state index contributed by atoms with van der Waals surface area (Å²) < 4.78 is 33.2. The molecule has 0 radical (unpaired) electrons. The van der Waals surface area contributed by atoms with Gasteiger partial charge in [0.25, 0.3) is 0 Å². The van der Waals surface area contributed by atoms with Crippen molar-refractivity contribution in [2.45, 2.75) is 43.7 Å². The molecule has 1 aliphatic heterocycles. The summed E-state index contributed by atoms with van der Waals surface area (Å²) in [6.45, 7) is 4.90. The molecule has 39 heavy (non-hydrogen) atoms. The number of likely N-dealkylation sites (N-methyl/N-ethyl adjacent to an activating group) is 1. The normalized spacial score (nSPS) is 16.0. The molecular weight excluding hydrogens is 548 g/mol. The van der Waals surface area contributed by atoms with E-state index in [0.29, 0.717) is 44.1 Å². The fourth-order valence-electron chi connectivity index (χ4n) is 3.92. The summed E-state index contributed by atoms with van der Waals surface area (Å²) >= 11 is 5.98. The zero-order chi connectivity index (χ0) is 29.2. The van der Waals surface area contributed by atoms with Gasteiger partial charge in [-0.3, -0.25) is 14.4 Å². The highest BCUT2D eigenvalue weighted by molar-refractivity contribution is 7.89. The van der Waals surface area contributed by atoms with Crippen LogP contribution in [0.5, 0.6) is 0 Å². The largest absolute Gasteiger partial charge is 0.395 e. The molecule has 2 aromatic carbocycles. The second-order valence-electron chi connectivity index (χ2n) is 9.00. The number of hydrogen-bond donors (Lipinski definition) is 3. The quantitative estimate of drug-likeness (QED) is 0.362. The molecule has 3 N–H and O–H groups in total. The van der Waals surface area contributed by atoms with Crippen molar-refractivity contribution in [2.24, 2.45) is 0 Å². The smallest absolute Gasteiger partial charge is 0.244 e. The molecule has 0 saturated carbocycles. The monoisotopic (exact) mass is 584 g/mol. The number of amides is 3. The summed E-state index contributed by atoms with van der Waals surface area (Å²) in [5.41, 5.74) is 0. The third-order valence-corrected chi connectivity index (χ3v) is 7.91. The van der Waals surface area contributed by atoms with Gasteiger partial charge in [-0.2, -0.15) is 4.72 Å². The molecule has 1 saturated heterocycles. The molecule has 13 heteroatoms. The average Bonchev–Trinajstić information content (AvgIpc) is 3.28. The van der Waals surface area contributed by atoms with Gasteiger partial charge in [0.2, 0.25) is 27.7 Å². The number of aliphatic hydroxyl groups is 1. The second kappa shape index (κ2) is 15.1. The molecule has 2 aromatic rings. The summed E-state index contributed by atoms with van der Waals surface area (Å²) in [4.78, 5) is 38.7. The van der Waals surface area contributed by atoms with E-state index >= 15 is 0 Å². The molecule has 11 nitrogen and oxygen atoms in total. The van der Waals surface area contributed by atoms with Gasteiger partial charge in [-0.1, -0.05) is 30.7 Å².